The number of ether oxygens (including phenoxy) is 1. The summed E-state index contributed by atoms with van der Waals surface area (Å²) in [5.74, 6) is -0.591. The number of rotatable bonds is 7. The van der Waals surface area contributed by atoms with Crippen LogP contribution >= 0.6 is 11.3 Å². The summed E-state index contributed by atoms with van der Waals surface area (Å²) < 4.78 is 17.9. The molecule has 0 atom stereocenters. The van der Waals surface area contributed by atoms with Gasteiger partial charge in [-0.25, -0.2) is 9.37 Å². The van der Waals surface area contributed by atoms with E-state index in [1.54, 1.807) is 17.5 Å². The number of hydrogen-bond donors (Lipinski definition) is 1. The highest BCUT2D eigenvalue weighted by atomic mass is 32.1. The second-order valence-corrected chi connectivity index (χ2v) is 5.08. The van der Waals surface area contributed by atoms with Crippen LogP contribution in [0, 0.1) is 5.82 Å². The molecule has 1 aromatic carbocycles. The number of carbonyl (C=O) groups is 2. The van der Waals surface area contributed by atoms with E-state index in [0.717, 1.165) is 5.56 Å². The Labute approximate surface area is 124 Å². The van der Waals surface area contributed by atoms with Gasteiger partial charge in [0, 0.05) is 5.38 Å². The zero-order chi connectivity index (χ0) is 15.1. The Bertz CT molecular complexity index is 613. The third kappa shape index (κ3) is 5.05. The molecule has 0 aliphatic heterocycles. The number of halogens is 1. The summed E-state index contributed by atoms with van der Waals surface area (Å²) in [6.45, 7) is 0.394. The van der Waals surface area contributed by atoms with Gasteiger partial charge in [-0.1, -0.05) is 12.1 Å². The Balaban J connectivity index is 1.67. The van der Waals surface area contributed by atoms with Crippen LogP contribution < -0.4 is 5.32 Å². The van der Waals surface area contributed by atoms with Crippen molar-refractivity contribution in [3.63, 3.8) is 0 Å². The van der Waals surface area contributed by atoms with Crippen molar-refractivity contribution in [2.24, 2.45) is 0 Å². The molecule has 7 heteroatoms. The summed E-state index contributed by atoms with van der Waals surface area (Å²) in [6, 6.07) is 5.88. The van der Waals surface area contributed by atoms with Gasteiger partial charge in [-0.05, 0) is 17.7 Å². The van der Waals surface area contributed by atoms with E-state index in [-0.39, 0.29) is 31.5 Å². The number of aromatic nitrogens is 1. The molecule has 1 aromatic heterocycles. The standard InChI is InChI=1S/C14H13FN2O3S/c15-11-3-1-10(2-4-11)7-20-8-13(19)16-5-12-9-21-14(6-18)17-12/h1-4,6,9H,5,7-8H2,(H,16,19). The van der Waals surface area contributed by atoms with Gasteiger partial charge in [0.05, 0.1) is 18.8 Å². The van der Waals surface area contributed by atoms with E-state index < -0.39 is 0 Å². The van der Waals surface area contributed by atoms with Crippen LogP contribution in [-0.4, -0.2) is 23.8 Å². The first-order valence-corrected chi connectivity index (χ1v) is 7.04. The lowest BCUT2D eigenvalue weighted by atomic mass is 10.2. The number of nitrogens with zero attached hydrogens (tertiary/aromatic N) is 1. The average molecular weight is 308 g/mol. The largest absolute Gasteiger partial charge is 0.367 e. The minimum absolute atomic E-state index is 0.0952. The summed E-state index contributed by atoms with van der Waals surface area (Å²) in [4.78, 5) is 26.0. The smallest absolute Gasteiger partial charge is 0.246 e. The third-order valence-corrected chi connectivity index (χ3v) is 3.37. The van der Waals surface area contributed by atoms with Crippen molar-refractivity contribution >= 4 is 23.5 Å². The van der Waals surface area contributed by atoms with Gasteiger partial charge < -0.3 is 10.1 Å². The molecule has 0 aliphatic carbocycles. The molecule has 0 saturated heterocycles. The van der Waals surface area contributed by atoms with Gasteiger partial charge in [-0.2, -0.15) is 0 Å². The van der Waals surface area contributed by atoms with Gasteiger partial charge in [0.15, 0.2) is 11.3 Å². The summed E-state index contributed by atoms with van der Waals surface area (Å²) in [5.41, 5.74) is 1.42. The maximum Gasteiger partial charge on any atom is 0.246 e. The molecule has 0 spiro atoms. The van der Waals surface area contributed by atoms with Crippen LogP contribution in [0.1, 0.15) is 21.1 Å². The number of carbonyl (C=O) groups excluding carboxylic acids is 2. The maximum atomic E-state index is 12.7. The Kier molecular flexibility index (Phi) is 5.53. The van der Waals surface area contributed by atoms with Gasteiger partial charge in [0.1, 0.15) is 12.4 Å². The first-order valence-electron chi connectivity index (χ1n) is 6.16. The second-order valence-electron chi connectivity index (χ2n) is 4.19. The van der Waals surface area contributed by atoms with E-state index in [0.29, 0.717) is 17.0 Å². The topological polar surface area (TPSA) is 68.3 Å². The number of nitrogens with one attached hydrogen (secondary N) is 1. The third-order valence-electron chi connectivity index (χ3n) is 2.55. The molecule has 0 saturated carbocycles. The Morgan fingerprint density at radius 1 is 1.38 bits per heavy atom. The van der Waals surface area contributed by atoms with Crippen molar-refractivity contribution < 1.29 is 18.7 Å². The molecule has 5 nitrogen and oxygen atoms in total. The summed E-state index contributed by atoms with van der Waals surface area (Å²) >= 11 is 1.23. The van der Waals surface area contributed by atoms with Gasteiger partial charge in [-0.15, -0.1) is 11.3 Å². The zero-order valence-electron chi connectivity index (χ0n) is 11.0. The molecule has 1 amide bonds. The van der Waals surface area contributed by atoms with Crippen molar-refractivity contribution in [2.75, 3.05) is 6.61 Å². The predicted molar refractivity (Wildman–Crippen MR) is 75.4 cm³/mol. The lowest BCUT2D eigenvalue weighted by Crippen LogP contribution is -2.27. The van der Waals surface area contributed by atoms with Crippen molar-refractivity contribution in [3.8, 4) is 0 Å². The molecule has 1 heterocycles. The molecule has 0 unspecified atom stereocenters. The molecule has 2 aromatic rings. The number of benzene rings is 1. The molecular formula is C14H13FN2O3S. The predicted octanol–water partition coefficient (Wildman–Crippen LogP) is 1.93. The van der Waals surface area contributed by atoms with Gasteiger partial charge in [-0.3, -0.25) is 9.59 Å². The number of aldehydes is 1. The summed E-state index contributed by atoms with van der Waals surface area (Å²) in [5, 5.41) is 4.73. The van der Waals surface area contributed by atoms with E-state index in [2.05, 4.69) is 10.3 Å². The van der Waals surface area contributed by atoms with Crippen LogP contribution in [0.3, 0.4) is 0 Å². The van der Waals surface area contributed by atoms with E-state index >= 15 is 0 Å². The number of hydrogen-bond acceptors (Lipinski definition) is 5. The highest BCUT2D eigenvalue weighted by molar-refractivity contribution is 7.11. The molecule has 0 fully saturated rings. The zero-order valence-corrected chi connectivity index (χ0v) is 11.9. The first kappa shape index (κ1) is 15.3. The van der Waals surface area contributed by atoms with Crippen molar-refractivity contribution in [2.45, 2.75) is 13.2 Å². The highest BCUT2D eigenvalue weighted by Gasteiger charge is 2.05. The van der Waals surface area contributed by atoms with E-state index in [4.69, 9.17) is 4.74 Å². The normalized spacial score (nSPS) is 10.3. The van der Waals surface area contributed by atoms with Gasteiger partial charge in [0.25, 0.3) is 0 Å². The minimum Gasteiger partial charge on any atom is -0.367 e. The van der Waals surface area contributed by atoms with Crippen LogP contribution in [0.25, 0.3) is 0 Å². The van der Waals surface area contributed by atoms with Crippen molar-refractivity contribution in [1.29, 1.82) is 0 Å². The maximum absolute atomic E-state index is 12.7. The molecule has 0 aliphatic rings. The van der Waals surface area contributed by atoms with Crippen LogP contribution in [0.4, 0.5) is 4.39 Å². The SMILES string of the molecule is O=Cc1nc(CNC(=O)COCc2ccc(F)cc2)cs1. The van der Waals surface area contributed by atoms with Gasteiger partial charge >= 0.3 is 0 Å². The fraction of sp³-hybridized carbons (Fsp3) is 0.214. The molecule has 0 radical (unpaired) electrons. The van der Waals surface area contributed by atoms with Gasteiger partial charge in [0.2, 0.25) is 5.91 Å². The van der Waals surface area contributed by atoms with Crippen LogP contribution in [0.15, 0.2) is 29.6 Å². The quantitative estimate of drug-likeness (QED) is 0.794. The fourth-order valence-corrected chi connectivity index (χ4v) is 2.16. The van der Waals surface area contributed by atoms with E-state index in [1.807, 2.05) is 0 Å². The first-order chi connectivity index (χ1) is 10.2. The second kappa shape index (κ2) is 7.61. The average Bonchev–Trinajstić information content (AvgIpc) is 2.95. The minimum atomic E-state index is -0.311. The Morgan fingerprint density at radius 3 is 2.81 bits per heavy atom. The van der Waals surface area contributed by atoms with Crippen molar-refractivity contribution in [1.82, 2.24) is 10.3 Å². The fourth-order valence-electron chi connectivity index (χ4n) is 1.54. The summed E-state index contributed by atoms with van der Waals surface area (Å²) in [6.07, 6.45) is 0.668. The van der Waals surface area contributed by atoms with Crippen LogP contribution in [0.5, 0.6) is 0 Å². The summed E-state index contributed by atoms with van der Waals surface area (Å²) in [7, 11) is 0. The number of thiazole rings is 1. The lowest BCUT2D eigenvalue weighted by molar-refractivity contribution is -0.126. The molecule has 2 rings (SSSR count). The van der Waals surface area contributed by atoms with Crippen LogP contribution in [-0.2, 0) is 22.7 Å². The monoisotopic (exact) mass is 308 g/mol. The molecule has 0 bridgehead atoms. The Morgan fingerprint density at radius 2 is 2.14 bits per heavy atom. The Hall–Kier alpha value is -2.12. The van der Waals surface area contributed by atoms with E-state index in [9.17, 15) is 14.0 Å². The lowest BCUT2D eigenvalue weighted by Gasteiger charge is -2.05. The van der Waals surface area contributed by atoms with Crippen molar-refractivity contribution in [3.05, 3.63) is 51.7 Å². The van der Waals surface area contributed by atoms with E-state index in [1.165, 1.54) is 23.5 Å². The molecule has 1 N–H and O–H groups in total. The molecule has 21 heavy (non-hydrogen) atoms. The highest BCUT2D eigenvalue weighted by Crippen LogP contribution is 2.07. The van der Waals surface area contributed by atoms with Crippen LogP contribution in [0.2, 0.25) is 0 Å². The molecular weight excluding hydrogens is 295 g/mol. The number of amides is 1. The molecule has 110 valence electrons.